The minimum atomic E-state index is -1.05. The summed E-state index contributed by atoms with van der Waals surface area (Å²) in [4.78, 5) is 15.3. The second kappa shape index (κ2) is 6.98. The lowest BCUT2D eigenvalue weighted by Crippen LogP contribution is -2.08. The van der Waals surface area contributed by atoms with Gasteiger partial charge in [-0.15, -0.1) is 0 Å². The molecule has 0 aliphatic carbocycles. The minimum Gasteiger partial charge on any atom is -0.491 e. The van der Waals surface area contributed by atoms with E-state index in [1.807, 2.05) is 0 Å². The zero-order valence-electron chi connectivity index (χ0n) is 13.0. The third kappa shape index (κ3) is 3.51. The first kappa shape index (κ1) is 17.0. The van der Waals surface area contributed by atoms with Crippen molar-refractivity contribution in [2.75, 3.05) is 13.2 Å². The van der Waals surface area contributed by atoms with Gasteiger partial charge in [-0.05, 0) is 12.1 Å². The smallest absolute Gasteiger partial charge is 0.169 e. The molecule has 1 aromatic heterocycles. The van der Waals surface area contributed by atoms with Gasteiger partial charge in [-0.1, -0.05) is 6.07 Å². The van der Waals surface area contributed by atoms with Crippen LogP contribution in [0.5, 0.6) is 5.75 Å². The number of H-pyrrole nitrogens is 1. The summed E-state index contributed by atoms with van der Waals surface area (Å²) in [5.74, 6) is -2.80. The highest BCUT2D eigenvalue weighted by molar-refractivity contribution is 6.08. The maximum atomic E-state index is 13.5. The van der Waals surface area contributed by atoms with E-state index in [1.165, 1.54) is 18.3 Å². The van der Waals surface area contributed by atoms with E-state index in [-0.39, 0.29) is 42.1 Å². The van der Waals surface area contributed by atoms with E-state index in [9.17, 15) is 18.0 Å². The molecule has 0 atom stereocenters. The van der Waals surface area contributed by atoms with Crippen molar-refractivity contribution in [3.05, 3.63) is 65.1 Å². The standard InChI is InChI=1S/C18H14F3NO3/c19-11-2-1-10(18(6-11)25-4-3-23)5-17(24)13-9-22-16-8-15(21)14(20)7-12(13)16/h1-2,6-9,22-23H,3-5H2. The highest BCUT2D eigenvalue weighted by Crippen LogP contribution is 2.26. The second-order valence-electron chi connectivity index (χ2n) is 5.44. The molecular weight excluding hydrogens is 335 g/mol. The van der Waals surface area contributed by atoms with E-state index >= 15 is 0 Å². The fourth-order valence-corrected chi connectivity index (χ4v) is 2.58. The molecule has 25 heavy (non-hydrogen) atoms. The van der Waals surface area contributed by atoms with Crippen LogP contribution in [0.3, 0.4) is 0 Å². The van der Waals surface area contributed by atoms with E-state index in [4.69, 9.17) is 9.84 Å². The maximum absolute atomic E-state index is 13.5. The topological polar surface area (TPSA) is 62.3 Å². The van der Waals surface area contributed by atoms with Gasteiger partial charge in [-0.3, -0.25) is 4.79 Å². The lowest BCUT2D eigenvalue weighted by molar-refractivity contribution is 0.0993. The number of aromatic nitrogens is 1. The Bertz CT molecular complexity index is 937. The number of carbonyl (C=O) groups excluding carboxylic acids is 1. The number of hydrogen-bond acceptors (Lipinski definition) is 3. The summed E-state index contributed by atoms with van der Waals surface area (Å²) in [6.07, 6.45) is 1.26. The van der Waals surface area contributed by atoms with Crippen LogP contribution in [-0.4, -0.2) is 29.1 Å². The number of halogens is 3. The van der Waals surface area contributed by atoms with Crippen molar-refractivity contribution in [3.63, 3.8) is 0 Å². The van der Waals surface area contributed by atoms with Gasteiger partial charge in [0.05, 0.1) is 6.61 Å². The summed E-state index contributed by atoms with van der Waals surface area (Å²) < 4.78 is 45.3. The Morgan fingerprint density at radius 3 is 2.64 bits per heavy atom. The summed E-state index contributed by atoms with van der Waals surface area (Å²) in [5, 5.41) is 9.10. The molecule has 2 aromatic carbocycles. The van der Waals surface area contributed by atoms with Crippen LogP contribution in [0.2, 0.25) is 0 Å². The molecule has 0 aliphatic heterocycles. The normalized spacial score (nSPS) is 11.0. The summed E-state index contributed by atoms with van der Waals surface area (Å²) in [6.45, 7) is -0.292. The first-order valence-corrected chi connectivity index (χ1v) is 7.51. The molecule has 130 valence electrons. The molecule has 0 amide bonds. The van der Waals surface area contributed by atoms with Gasteiger partial charge in [0, 0.05) is 46.8 Å². The molecule has 0 aliphatic rings. The van der Waals surface area contributed by atoms with Gasteiger partial charge < -0.3 is 14.8 Å². The van der Waals surface area contributed by atoms with Crippen molar-refractivity contribution in [1.82, 2.24) is 4.98 Å². The molecule has 0 saturated heterocycles. The van der Waals surface area contributed by atoms with Crippen LogP contribution in [-0.2, 0) is 6.42 Å². The molecule has 0 radical (unpaired) electrons. The Labute approximate surface area is 140 Å². The van der Waals surface area contributed by atoms with Gasteiger partial charge in [-0.25, -0.2) is 13.2 Å². The van der Waals surface area contributed by atoms with Gasteiger partial charge in [0.1, 0.15) is 18.2 Å². The number of carbonyl (C=O) groups is 1. The first-order chi connectivity index (χ1) is 12.0. The molecule has 0 bridgehead atoms. The van der Waals surface area contributed by atoms with Crippen LogP contribution >= 0.6 is 0 Å². The van der Waals surface area contributed by atoms with Crippen molar-refractivity contribution in [3.8, 4) is 5.75 Å². The molecule has 3 aromatic rings. The summed E-state index contributed by atoms with van der Waals surface area (Å²) >= 11 is 0. The van der Waals surface area contributed by atoms with Crippen LogP contribution in [0.15, 0.2) is 36.5 Å². The van der Waals surface area contributed by atoms with E-state index in [0.29, 0.717) is 11.1 Å². The number of aliphatic hydroxyl groups excluding tert-OH is 1. The van der Waals surface area contributed by atoms with Gasteiger partial charge in [0.15, 0.2) is 17.4 Å². The Morgan fingerprint density at radius 2 is 1.88 bits per heavy atom. The third-order valence-electron chi connectivity index (χ3n) is 3.75. The predicted molar refractivity (Wildman–Crippen MR) is 85.2 cm³/mol. The number of ketones is 1. The number of fused-ring (bicyclic) bond motifs is 1. The molecule has 0 unspecified atom stereocenters. The highest BCUT2D eigenvalue weighted by Gasteiger charge is 2.17. The zero-order chi connectivity index (χ0) is 18.0. The summed E-state index contributed by atoms with van der Waals surface area (Å²) in [6, 6.07) is 5.67. The summed E-state index contributed by atoms with van der Waals surface area (Å²) in [7, 11) is 0. The molecule has 0 fully saturated rings. The second-order valence-corrected chi connectivity index (χ2v) is 5.44. The highest BCUT2D eigenvalue weighted by atomic mass is 19.2. The van der Waals surface area contributed by atoms with Crippen molar-refractivity contribution < 1.29 is 27.8 Å². The predicted octanol–water partition coefficient (Wildman–Crippen LogP) is 3.38. The maximum Gasteiger partial charge on any atom is 0.169 e. The molecule has 0 saturated carbocycles. The Kier molecular flexibility index (Phi) is 4.76. The molecular formula is C18H14F3NO3. The number of hydrogen-bond donors (Lipinski definition) is 2. The molecule has 7 heteroatoms. The van der Waals surface area contributed by atoms with Crippen molar-refractivity contribution in [1.29, 1.82) is 0 Å². The number of rotatable bonds is 6. The first-order valence-electron chi connectivity index (χ1n) is 7.51. The largest absolute Gasteiger partial charge is 0.491 e. The van der Waals surface area contributed by atoms with Gasteiger partial charge >= 0.3 is 0 Å². The van der Waals surface area contributed by atoms with E-state index in [0.717, 1.165) is 18.2 Å². The number of nitrogens with one attached hydrogen (secondary N) is 1. The average molecular weight is 349 g/mol. The van der Waals surface area contributed by atoms with Crippen molar-refractivity contribution in [2.45, 2.75) is 6.42 Å². The van der Waals surface area contributed by atoms with Crippen LogP contribution in [0.25, 0.3) is 10.9 Å². The van der Waals surface area contributed by atoms with Gasteiger partial charge in [0.2, 0.25) is 0 Å². The van der Waals surface area contributed by atoms with Crippen LogP contribution in [0.1, 0.15) is 15.9 Å². The van der Waals surface area contributed by atoms with E-state index in [2.05, 4.69) is 4.98 Å². The van der Waals surface area contributed by atoms with Crippen LogP contribution in [0, 0.1) is 17.5 Å². The minimum absolute atomic E-state index is 0.0395. The van der Waals surface area contributed by atoms with Crippen LogP contribution in [0.4, 0.5) is 13.2 Å². The fraction of sp³-hybridized carbons (Fsp3) is 0.167. The molecule has 0 spiro atoms. The van der Waals surface area contributed by atoms with Crippen molar-refractivity contribution in [2.24, 2.45) is 0 Å². The number of ether oxygens (including phenoxy) is 1. The fourth-order valence-electron chi connectivity index (χ4n) is 2.58. The number of aromatic amines is 1. The SMILES string of the molecule is O=C(Cc1ccc(F)cc1OCCO)c1c[nH]c2cc(F)c(F)cc12. The monoisotopic (exact) mass is 349 g/mol. The van der Waals surface area contributed by atoms with E-state index < -0.39 is 17.5 Å². The Morgan fingerprint density at radius 1 is 1.12 bits per heavy atom. The molecule has 1 heterocycles. The quantitative estimate of drug-likeness (QED) is 0.671. The Balaban J connectivity index is 1.91. The number of aliphatic hydroxyl groups is 1. The number of benzene rings is 2. The molecule has 3 rings (SSSR count). The van der Waals surface area contributed by atoms with Gasteiger partial charge in [0.25, 0.3) is 0 Å². The lowest BCUT2D eigenvalue weighted by Gasteiger charge is -2.10. The average Bonchev–Trinajstić information content (AvgIpc) is 2.98. The van der Waals surface area contributed by atoms with Crippen LogP contribution < -0.4 is 4.74 Å². The molecule has 2 N–H and O–H groups in total. The molecule has 4 nitrogen and oxygen atoms in total. The third-order valence-corrected chi connectivity index (χ3v) is 3.75. The number of Topliss-reactive ketones (excluding diaryl/α,β-unsaturated/α-hetero) is 1. The summed E-state index contributed by atoms with van der Waals surface area (Å²) in [5.41, 5.74) is 0.932. The Hall–Kier alpha value is -2.80. The zero-order valence-corrected chi connectivity index (χ0v) is 13.0. The van der Waals surface area contributed by atoms with Crippen molar-refractivity contribution >= 4 is 16.7 Å². The van der Waals surface area contributed by atoms with Gasteiger partial charge in [-0.2, -0.15) is 0 Å². The lowest BCUT2D eigenvalue weighted by atomic mass is 10.0. The van der Waals surface area contributed by atoms with E-state index in [1.54, 1.807) is 0 Å².